The number of hydrogen-bond donors (Lipinski definition) is 1. The Hall–Kier alpha value is -1.13. The number of hydrogen-bond acceptors (Lipinski definition) is 4. The quantitative estimate of drug-likeness (QED) is 0.827. The van der Waals surface area contributed by atoms with Crippen molar-refractivity contribution >= 4 is 5.69 Å². The summed E-state index contributed by atoms with van der Waals surface area (Å²) in [6.45, 7) is 2.45. The Labute approximate surface area is 107 Å². The zero-order chi connectivity index (χ0) is 12.4. The number of nitrogens with zero attached hydrogens (tertiary/aromatic N) is 1. The predicted molar refractivity (Wildman–Crippen MR) is 69.4 cm³/mol. The van der Waals surface area contributed by atoms with E-state index in [0.29, 0.717) is 5.92 Å². The van der Waals surface area contributed by atoms with Gasteiger partial charge in [-0.15, -0.1) is 0 Å². The number of nitrogen functional groups attached to an aromatic ring is 1. The van der Waals surface area contributed by atoms with Crippen molar-refractivity contribution in [1.29, 1.82) is 0 Å². The third kappa shape index (κ3) is 2.22. The molecule has 0 amide bonds. The topological polar surface area (TPSA) is 57.4 Å². The molecular weight excluding hydrogens is 228 g/mol. The van der Waals surface area contributed by atoms with Gasteiger partial charge >= 0.3 is 0 Å². The van der Waals surface area contributed by atoms with Crippen molar-refractivity contribution in [3.63, 3.8) is 0 Å². The lowest BCUT2D eigenvalue weighted by atomic mass is 9.78. The summed E-state index contributed by atoms with van der Waals surface area (Å²) in [5, 5.41) is 0. The maximum absolute atomic E-state index is 6.06. The van der Waals surface area contributed by atoms with Crippen molar-refractivity contribution in [2.24, 2.45) is 0 Å². The van der Waals surface area contributed by atoms with Crippen LogP contribution in [0.2, 0.25) is 0 Å². The van der Waals surface area contributed by atoms with E-state index in [0.717, 1.165) is 51.2 Å². The minimum absolute atomic E-state index is 0.0173. The Bertz CT molecular complexity index is 411. The Balaban J connectivity index is 1.80. The fourth-order valence-electron chi connectivity index (χ4n) is 3.14. The summed E-state index contributed by atoms with van der Waals surface area (Å²) in [4.78, 5) is 4.21. The first-order chi connectivity index (χ1) is 8.79. The van der Waals surface area contributed by atoms with E-state index in [1.807, 2.05) is 12.3 Å². The molecule has 1 atom stereocenters. The van der Waals surface area contributed by atoms with Crippen LogP contribution in [0, 0.1) is 0 Å². The SMILES string of the molecule is Nc1ccncc1C1CCOC2(CCOCC2)C1. The Morgan fingerprint density at radius 1 is 1.28 bits per heavy atom. The molecule has 2 aliphatic heterocycles. The van der Waals surface area contributed by atoms with Gasteiger partial charge in [-0.25, -0.2) is 0 Å². The monoisotopic (exact) mass is 248 g/mol. The molecule has 2 saturated heterocycles. The van der Waals surface area contributed by atoms with Gasteiger partial charge in [0.2, 0.25) is 0 Å². The van der Waals surface area contributed by atoms with Crippen LogP contribution in [0.3, 0.4) is 0 Å². The number of aromatic nitrogens is 1. The number of pyridine rings is 1. The second kappa shape index (κ2) is 4.86. The fourth-order valence-corrected chi connectivity index (χ4v) is 3.14. The highest BCUT2D eigenvalue weighted by Gasteiger charge is 2.39. The van der Waals surface area contributed by atoms with Crippen LogP contribution in [0.25, 0.3) is 0 Å². The summed E-state index contributed by atoms with van der Waals surface area (Å²) in [5.41, 5.74) is 8.13. The van der Waals surface area contributed by atoms with Crippen LogP contribution in [0.4, 0.5) is 5.69 Å². The van der Waals surface area contributed by atoms with Gasteiger partial charge in [-0.1, -0.05) is 0 Å². The van der Waals surface area contributed by atoms with Crippen molar-refractivity contribution in [1.82, 2.24) is 4.98 Å². The average Bonchev–Trinajstić information content (AvgIpc) is 2.40. The lowest BCUT2D eigenvalue weighted by Crippen LogP contribution is -2.43. The first kappa shape index (κ1) is 11.9. The van der Waals surface area contributed by atoms with Gasteiger partial charge in [0, 0.05) is 37.9 Å². The molecule has 0 aliphatic carbocycles. The molecule has 2 aliphatic rings. The second-order valence-electron chi connectivity index (χ2n) is 5.34. The van der Waals surface area contributed by atoms with Gasteiger partial charge in [-0.05, 0) is 43.2 Å². The smallest absolute Gasteiger partial charge is 0.0732 e. The molecule has 1 aromatic heterocycles. The van der Waals surface area contributed by atoms with Crippen molar-refractivity contribution in [2.75, 3.05) is 25.6 Å². The molecule has 3 rings (SSSR count). The standard InChI is InChI=1S/C14H20N2O2/c15-13-1-5-16-10-12(13)11-2-6-18-14(9-11)3-7-17-8-4-14/h1,5,10-11H,2-4,6-9H2,(H2,15,16). The molecule has 18 heavy (non-hydrogen) atoms. The van der Waals surface area contributed by atoms with Crippen LogP contribution >= 0.6 is 0 Å². The highest BCUT2D eigenvalue weighted by molar-refractivity contribution is 5.46. The van der Waals surface area contributed by atoms with E-state index in [-0.39, 0.29) is 5.60 Å². The largest absolute Gasteiger partial charge is 0.398 e. The Morgan fingerprint density at radius 3 is 2.89 bits per heavy atom. The van der Waals surface area contributed by atoms with E-state index < -0.39 is 0 Å². The molecule has 98 valence electrons. The zero-order valence-electron chi connectivity index (χ0n) is 10.6. The normalized spacial score (nSPS) is 27.2. The minimum Gasteiger partial charge on any atom is -0.398 e. The van der Waals surface area contributed by atoms with Gasteiger partial charge in [0.1, 0.15) is 0 Å². The van der Waals surface area contributed by atoms with Gasteiger partial charge < -0.3 is 15.2 Å². The van der Waals surface area contributed by atoms with Crippen molar-refractivity contribution in [3.05, 3.63) is 24.0 Å². The molecular formula is C14H20N2O2. The molecule has 2 N–H and O–H groups in total. The fraction of sp³-hybridized carbons (Fsp3) is 0.643. The highest BCUT2D eigenvalue weighted by atomic mass is 16.5. The van der Waals surface area contributed by atoms with Crippen LogP contribution in [0.1, 0.15) is 37.2 Å². The maximum atomic E-state index is 6.06. The van der Waals surface area contributed by atoms with Crippen LogP contribution in [0.15, 0.2) is 18.5 Å². The molecule has 3 heterocycles. The van der Waals surface area contributed by atoms with Crippen molar-refractivity contribution in [2.45, 2.75) is 37.2 Å². The molecule has 0 bridgehead atoms. The maximum Gasteiger partial charge on any atom is 0.0732 e. The zero-order valence-corrected chi connectivity index (χ0v) is 10.6. The second-order valence-corrected chi connectivity index (χ2v) is 5.34. The number of nitrogens with two attached hydrogens (primary N) is 1. The van der Waals surface area contributed by atoms with Crippen LogP contribution in [-0.4, -0.2) is 30.4 Å². The molecule has 2 fully saturated rings. The first-order valence-corrected chi connectivity index (χ1v) is 6.70. The average molecular weight is 248 g/mol. The van der Waals surface area contributed by atoms with Gasteiger partial charge in [-0.2, -0.15) is 0 Å². The third-order valence-corrected chi connectivity index (χ3v) is 4.22. The lowest BCUT2D eigenvalue weighted by molar-refractivity contribution is -0.138. The molecule has 1 spiro atoms. The van der Waals surface area contributed by atoms with Gasteiger partial charge in [0.05, 0.1) is 5.60 Å². The van der Waals surface area contributed by atoms with Crippen molar-refractivity contribution in [3.8, 4) is 0 Å². The molecule has 0 aromatic carbocycles. The molecule has 4 nitrogen and oxygen atoms in total. The van der Waals surface area contributed by atoms with E-state index >= 15 is 0 Å². The summed E-state index contributed by atoms with van der Waals surface area (Å²) < 4.78 is 11.5. The summed E-state index contributed by atoms with van der Waals surface area (Å²) in [6, 6.07) is 1.89. The molecule has 0 saturated carbocycles. The number of ether oxygens (including phenoxy) is 2. The van der Waals surface area contributed by atoms with E-state index in [2.05, 4.69) is 4.98 Å². The summed E-state index contributed by atoms with van der Waals surface area (Å²) in [5.74, 6) is 0.477. The molecule has 1 unspecified atom stereocenters. The summed E-state index contributed by atoms with van der Waals surface area (Å²) >= 11 is 0. The summed E-state index contributed by atoms with van der Waals surface area (Å²) in [6.07, 6.45) is 7.76. The van der Waals surface area contributed by atoms with Crippen LogP contribution in [0.5, 0.6) is 0 Å². The van der Waals surface area contributed by atoms with Gasteiger partial charge in [-0.3, -0.25) is 4.98 Å². The van der Waals surface area contributed by atoms with Crippen LogP contribution < -0.4 is 5.73 Å². The lowest BCUT2D eigenvalue weighted by Gasteiger charge is -2.43. The van der Waals surface area contributed by atoms with Gasteiger partial charge in [0.25, 0.3) is 0 Å². The first-order valence-electron chi connectivity index (χ1n) is 6.70. The van der Waals surface area contributed by atoms with E-state index in [1.165, 1.54) is 5.56 Å². The Kier molecular flexibility index (Phi) is 3.22. The number of anilines is 1. The highest BCUT2D eigenvalue weighted by Crippen LogP contribution is 2.42. The van der Waals surface area contributed by atoms with Crippen molar-refractivity contribution < 1.29 is 9.47 Å². The van der Waals surface area contributed by atoms with E-state index in [1.54, 1.807) is 6.20 Å². The molecule has 4 heteroatoms. The number of rotatable bonds is 1. The summed E-state index contributed by atoms with van der Waals surface area (Å²) in [7, 11) is 0. The predicted octanol–water partition coefficient (Wildman–Crippen LogP) is 2.11. The van der Waals surface area contributed by atoms with Gasteiger partial charge in [0.15, 0.2) is 0 Å². The Morgan fingerprint density at radius 2 is 2.11 bits per heavy atom. The molecule has 0 radical (unpaired) electrons. The van der Waals surface area contributed by atoms with Crippen LogP contribution in [-0.2, 0) is 9.47 Å². The third-order valence-electron chi connectivity index (χ3n) is 4.22. The van der Waals surface area contributed by atoms with E-state index in [4.69, 9.17) is 15.2 Å². The molecule has 1 aromatic rings. The minimum atomic E-state index is 0.0173. The van der Waals surface area contributed by atoms with E-state index in [9.17, 15) is 0 Å².